The Morgan fingerprint density at radius 2 is 1.93 bits per heavy atom. The predicted molar refractivity (Wildman–Crippen MR) is 113 cm³/mol. The normalized spacial score (nSPS) is 27.2. The topological polar surface area (TPSA) is 37.0 Å². The number of aromatic nitrogens is 1. The molecule has 1 saturated carbocycles. The highest BCUT2D eigenvalue weighted by Gasteiger charge is 2.34. The van der Waals surface area contributed by atoms with E-state index < -0.39 is 0 Å². The molecule has 1 aromatic heterocycles. The van der Waals surface area contributed by atoms with Crippen LogP contribution in [0.25, 0.3) is 17.3 Å². The molecule has 2 aromatic rings. The molecule has 3 aliphatic rings. The van der Waals surface area contributed by atoms with Gasteiger partial charge < -0.3 is 10.6 Å². The molecule has 2 aliphatic heterocycles. The maximum atomic E-state index is 5.14. The molecule has 2 N–H and O–H groups in total. The van der Waals surface area contributed by atoms with Gasteiger partial charge in [0.25, 0.3) is 0 Å². The molecule has 3 heteroatoms. The highest BCUT2D eigenvalue weighted by molar-refractivity contribution is 5.73. The molecular formula is C24H29N3. The first-order valence-corrected chi connectivity index (χ1v) is 10.6. The van der Waals surface area contributed by atoms with Gasteiger partial charge in [0.15, 0.2) is 0 Å². The Balaban J connectivity index is 1.56. The van der Waals surface area contributed by atoms with Crippen molar-refractivity contribution in [3.8, 4) is 11.3 Å². The third kappa shape index (κ3) is 3.41. The zero-order valence-electron chi connectivity index (χ0n) is 16.0. The summed E-state index contributed by atoms with van der Waals surface area (Å²) in [5.41, 5.74) is 5.14. The number of nitrogens with zero attached hydrogens (tertiary/aromatic N) is 1. The SMILES string of the molecule is C1=Cc2cc(C3CCC4NCCCC4C3)c(-c3ccccc3)nc2NCC1. The lowest BCUT2D eigenvalue weighted by atomic mass is 9.71. The minimum absolute atomic E-state index is 0.621. The Bertz CT molecular complexity index is 827. The average molecular weight is 360 g/mol. The van der Waals surface area contributed by atoms with Crippen molar-refractivity contribution in [3.63, 3.8) is 0 Å². The third-order valence-corrected chi connectivity index (χ3v) is 6.61. The quantitative estimate of drug-likeness (QED) is 0.772. The van der Waals surface area contributed by atoms with Crippen LogP contribution in [0.1, 0.15) is 55.6 Å². The van der Waals surface area contributed by atoms with Gasteiger partial charge in [0.1, 0.15) is 5.82 Å². The van der Waals surface area contributed by atoms with E-state index in [0.29, 0.717) is 5.92 Å². The lowest BCUT2D eigenvalue weighted by Crippen LogP contribution is -2.44. The second-order valence-electron chi connectivity index (χ2n) is 8.32. The van der Waals surface area contributed by atoms with Crippen LogP contribution < -0.4 is 10.6 Å². The summed E-state index contributed by atoms with van der Waals surface area (Å²) >= 11 is 0. The van der Waals surface area contributed by atoms with Crippen molar-refractivity contribution in [1.29, 1.82) is 0 Å². The summed E-state index contributed by atoms with van der Waals surface area (Å²) in [5.74, 6) is 2.49. The van der Waals surface area contributed by atoms with E-state index in [9.17, 15) is 0 Å². The molecule has 140 valence electrons. The van der Waals surface area contributed by atoms with Gasteiger partial charge in [-0.25, -0.2) is 4.98 Å². The maximum Gasteiger partial charge on any atom is 0.133 e. The molecule has 1 aliphatic carbocycles. The fraction of sp³-hybridized carbons (Fsp3) is 0.458. The van der Waals surface area contributed by atoms with Gasteiger partial charge in [-0.15, -0.1) is 0 Å². The standard InChI is InChI=1S/C24H29N3/c1-2-7-17(8-3-1)23-21(16-20-9-4-5-13-26-24(20)27-23)18-11-12-22-19(15-18)10-6-14-25-22/h1-4,7-9,16,18-19,22,25H,5-6,10-15H2,(H,26,27). The van der Waals surface area contributed by atoms with Crippen molar-refractivity contribution in [2.45, 2.75) is 50.5 Å². The van der Waals surface area contributed by atoms with Crippen LogP contribution in [-0.2, 0) is 0 Å². The van der Waals surface area contributed by atoms with Crippen molar-refractivity contribution < 1.29 is 0 Å². The lowest BCUT2D eigenvalue weighted by molar-refractivity contribution is 0.194. The predicted octanol–water partition coefficient (Wildman–Crippen LogP) is 5.21. The largest absolute Gasteiger partial charge is 0.369 e. The number of rotatable bonds is 2. The number of piperidine rings is 1. The number of hydrogen-bond acceptors (Lipinski definition) is 3. The highest BCUT2D eigenvalue weighted by Crippen LogP contribution is 2.43. The Morgan fingerprint density at radius 1 is 1.00 bits per heavy atom. The summed E-state index contributed by atoms with van der Waals surface area (Å²) in [7, 11) is 0. The lowest BCUT2D eigenvalue weighted by Gasteiger charge is -2.40. The van der Waals surface area contributed by atoms with Crippen LogP contribution >= 0.6 is 0 Å². The first-order valence-electron chi connectivity index (χ1n) is 10.6. The van der Waals surface area contributed by atoms with Gasteiger partial charge in [0.05, 0.1) is 5.69 Å². The van der Waals surface area contributed by atoms with Crippen LogP contribution in [0.15, 0.2) is 42.5 Å². The summed E-state index contributed by atoms with van der Waals surface area (Å²) < 4.78 is 0. The smallest absolute Gasteiger partial charge is 0.133 e. The van der Waals surface area contributed by atoms with Crippen molar-refractivity contribution in [2.24, 2.45) is 5.92 Å². The van der Waals surface area contributed by atoms with Crippen LogP contribution in [0.3, 0.4) is 0 Å². The fourth-order valence-electron chi connectivity index (χ4n) is 5.22. The van der Waals surface area contributed by atoms with E-state index in [2.05, 4.69) is 59.2 Å². The van der Waals surface area contributed by atoms with Gasteiger partial charge in [0, 0.05) is 23.7 Å². The molecule has 3 nitrogen and oxygen atoms in total. The molecule has 1 aromatic carbocycles. The molecule has 3 heterocycles. The second kappa shape index (κ2) is 7.47. The Morgan fingerprint density at radius 3 is 2.85 bits per heavy atom. The molecular weight excluding hydrogens is 330 g/mol. The van der Waals surface area contributed by atoms with Crippen LogP contribution in [0, 0.1) is 5.92 Å². The van der Waals surface area contributed by atoms with Crippen LogP contribution in [0.5, 0.6) is 0 Å². The van der Waals surface area contributed by atoms with E-state index in [4.69, 9.17) is 4.98 Å². The fourth-order valence-corrected chi connectivity index (χ4v) is 5.22. The number of pyridine rings is 1. The van der Waals surface area contributed by atoms with Crippen LogP contribution in [-0.4, -0.2) is 24.1 Å². The van der Waals surface area contributed by atoms with Crippen LogP contribution in [0.2, 0.25) is 0 Å². The van der Waals surface area contributed by atoms with Gasteiger partial charge in [-0.2, -0.15) is 0 Å². The van der Waals surface area contributed by atoms with E-state index in [-0.39, 0.29) is 0 Å². The van der Waals surface area contributed by atoms with Gasteiger partial charge in [0.2, 0.25) is 0 Å². The average Bonchev–Trinajstić information content (AvgIpc) is 2.98. The molecule has 0 amide bonds. The summed E-state index contributed by atoms with van der Waals surface area (Å²) in [5, 5.41) is 7.29. The summed E-state index contributed by atoms with van der Waals surface area (Å²) in [6, 6.07) is 13.9. The van der Waals surface area contributed by atoms with E-state index in [1.807, 2.05) is 0 Å². The Labute approximate surface area is 162 Å². The number of benzene rings is 1. The van der Waals surface area contributed by atoms with Gasteiger partial charge in [-0.1, -0.05) is 42.5 Å². The first-order chi connectivity index (χ1) is 13.4. The Hall–Kier alpha value is -2.13. The summed E-state index contributed by atoms with van der Waals surface area (Å²) in [6.45, 7) is 2.17. The number of anilines is 1. The zero-order chi connectivity index (χ0) is 18.1. The van der Waals surface area contributed by atoms with Crippen LogP contribution in [0.4, 0.5) is 5.82 Å². The van der Waals surface area contributed by atoms with E-state index in [1.54, 1.807) is 0 Å². The molecule has 27 heavy (non-hydrogen) atoms. The highest BCUT2D eigenvalue weighted by atomic mass is 15.0. The molecule has 0 radical (unpaired) electrons. The molecule has 3 unspecified atom stereocenters. The molecule has 0 spiro atoms. The number of nitrogens with one attached hydrogen (secondary N) is 2. The molecule has 5 rings (SSSR count). The van der Waals surface area contributed by atoms with E-state index >= 15 is 0 Å². The van der Waals surface area contributed by atoms with Crippen molar-refractivity contribution in [2.75, 3.05) is 18.4 Å². The van der Waals surface area contributed by atoms with E-state index in [0.717, 1.165) is 30.7 Å². The molecule has 0 bridgehead atoms. The zero-order valence-corrected chi connectivity index (χ0v) is 16.0. The van der Waals surface area contributed by atoms with Crippen molar-refractivity contribution in [3.05, 3.63) is 53.6 Å². The van der Waals surface area contributed by atoms with Gasteiger partial charge in [-0.3, -0.25) is 0 Å². The summed E-state index contributed by atoms with van der Waals surface area (Å²) in [4.78, 5) is 5.14. The maximum absolute atomic E-state index is 5.14. The third-order valence-electron chi connectivity index (χ3n) is 6.61. The Kier molecular flexibility index (Phi) is 4.71. The number of fused-ring (bicyclic) bond motifs is 2. The second-order valence-corrected chi connectivity index (χ2v) is 8.32. The van der Waals surface area contributed by atoms with Crippen molar-refractivity contribution in [1.82, 2.24) is 10.3 Å². The molecule has 2 fully saturated rings. The van der Waals surface area contributed by atoms with Crippen molar-refractivity contribution >= 4 is 11.9 Å². The summed E-state index contributed by atoms with van der Waals surface area (Å²) in [6.07, 6.45) is 12.2. The number of hydrogen-bond donors (Lipinski definition) is 2. The first kappa shape index (κ1) is 17.0. The monoisotopic (exact) mass is 359 g/mol. The van der Waals surface area contributed by atoms with E-state index in [1.165, 1.54) is 61.0 Å². The van der Waals surface area contributed by atoms with Gasteiger partial charge in [-0.05, 0) is 68.5 Å². The minimum Gasteiger partial charge on any atom is -0.369 e. The minimum atomic E-state index is 0.621. The van der Waals surface area contributed by atoms with Gasteiger partial charge >= 0.3 is 0 Å². The molecule has 3 atom stereocenters. The molecule has 1 saturated heterocycles.